The predicted molar refractivity (Wildman–Crippen MR) is 100 cm³/mol. The van der Waals surface area contributed by atoms with Gasteiger partial charge in [-0.2, -0.15) is 5.10 Å². The largest absolute Gasteiger partial charge is 0.314 e. The number of fused-ring (bicyclic) bond motifs is 1. The van der Waals surface area contributed by atoms with Crippen molar-refractivity contribution in [3.63, 3.8) is 0 Å². The van der Waals surface area contributed by atoms with Gasteiger partial charge in [0.25, 0.3) is 5.56 Å². The number of rotatable bonds is 4. The van der Waals surface area contributed by atoms with Crippen molar-refractivity contribution in [3.05, 3.63) is 61.9 Å². The Kier molecular flexibility index (Phi) is 4.76. The van der Waals surface area contributed by atoms with E-state index >= 15 is 0 Å². The summed E-state index contributed by atoms with van der Waals surface area (Å²) in [5.41, 5.74) is 3.29. The number of pyridine rings is 1. The summed E-state index contributed by atoms with van der Waals surface area (Å²) in [6.45, 7) is 2.36. The molecule has 26 heavy (non-hydrogen) atoms. The third-order valence-electron chi connectivity index (χ3n) is 5.81. The first-order valence-corrected chi connectivity index (χ1v) is 9.61. The first-order chi connectivity index (χ1) is 12.6. The molecule has 0 radical (unpaired) electrons. The highest BCUT2D eigenvalue weighted by Crippen LogP contribution is 2.21. The van der Waals surface area contributed by atoms with Crippen LogP contribution in [0.4, 0.5) is 0 Å². The zero-order chi connectivity index (χ0) is 18.1. The maximum atomic E-state index is 12.5. The minimum Gasteiger partial charge on any atom is -0.314 e. The van der Waals surface area contributed by atoms with Gasteiger partial charge in [0.1, 0.15) is 0 Å². The third kappa shape index (κ3) is 3.38. The van der Waals surface area contributed by atoms with E-state index < -0.39 is 0 Å². The average molecular weight is 354 g/mol. The molecule has 0 saturated carbocycles. The Morgan fingerprint density at radius 1 is 1.12 bits per heavy atom. The summed E-state index contributed by atoms with van der Waals surface area (Å²) in [4.78, 5) is 26.7. The molecule has 0 bridgehead atoms. The predicted octanol–water partition coefficient (Wildman–Crippen LogP) is 1.49. The summed E-state index contributed by atoms with van der Waals surface area (Å²) in [5, 5.41) is 4.67. The van der Waals surface area contributed by atoms with Crippen LogP contribution in [0.25, 0.3) is 0 Å². The SMILES string of the molecule is Cn1c(CN2CCCC2Cn2nc3c(cc2=O)CCCC3)cccc1=O. The molecule has 1 unspecified atom stereocenters. The van der Waals surface area contributed by atoms with Crippen molar-refractivity contribution in [2.75, 3.05) is 6.54 Å². The summed E-state index contributed by atoms with van der Waals surface area (Å²) in [6, 6.07) is 7.49. The summed E-state index contributed by atoms with van der Waals surface area (Å²) >= 11 is 0. The van der Waals surface area contributed by atoms with E-state index in [2.05, 4.69) is 10.00 Å². The Morgan fingerprint density at radius 2 is 1.96 bits per heavy atom. The fourth-order valence-electron chi connectivity index (χ4n) is 4.21. The Morgan fingerprint density at radius 3 is 2.85 bits per heavy atom. The molecule has 1 fully saturated rings. The highest BCUT2D eigenvalue weighted by Gasteiger charge is 2.26. The Hall–Kier alpha value is -2.21. The van der Waals surface area contributed by atoms with Crippen LogP contribution in [0.1, 0.15) is 42.6 Å². The fourth-order valence-corrected chi connectivity index (χ4v) is 4.21. The van der Waals surface area contributed by atoms with Gasteiger partial charge < -0.3 is 4.57 Å². The van der Waals surface area contributed by atoms with Gasteiger partial charge in [0.15, 0.2) is 0 Å². The molecule has 0 amide bonds. The monoisotopic (exact) mass is 354 g/mol. The number of aryl methyl sites for hydroxylation is 2. The second-order valence-corrected chi connectivity index (χ2v) is 7.52. The lowest BCUT2D eigenvalue weighted by Gasteiger charge is -2.26. The molecule has 2 aromatic rings. The van der Waals surface area contributed by atoms with Crippen molar-refractivity contribution in [2.24, 2.45) is 7.05 Å². The molecule has 1 aliphatic carbocycles. The van der Waals surface area contributed by atoms with Crippen molar-refractivity contribution in [1.29, 1.82) is 0 Å². The van der Waals surface area contributed by atoms with Gasteiger partial charge in [-0.25, -0.2) is 4.68 Å². The molecular formula is C20H26N4O2. The molecule has 3 heterocycles. The van der Waals surface area contributed by atoms with E-state index in [1.54, 1.807) is 21.4 Å². The first kappa shape index (κ1) is 17.2. The van der Waals surface area contributed by atoms with Crippen molar-refractivity contribution >= 4 is 0 Å². The molecule has 2 aliphatic rings. The van der Waals surface area contributed by atoms with Crippen molar-refractivity contribution in [1.82, 2.24) is 19.2 Å². The van der Waals surface area contributed by atoms with Crippen LogP contribution in [0.15, 0.2) is 33.9 Å². The third-order valence-corrected chi connectivity index (χ3v) is 5.81. The van der Waals surface area contributed by atoms with Gasteiger partial charge in [0.05, 0.1) is 12.2 Å². The highest BCUT2D eigenvalue weighted by molar-refractivity contribution is 5.20. The Labute approximate surface area is 153 Å². The number of likely N-dealkylation sites (tertiary alicyclic amines) is 1. The van der Waals surface area contributed by atoms with Crippen LogP contribution in [0.3, 0.4) is 0 Å². The van der Waals surface area contributed by atoms with Crippen LogP contribution in [0.2, 0.25) is 0 Å². The van der Waals surface area contributed by atoms with E-state index in [0.29, 0.717) is 6.54 Å². The van der Waals surface area contributed by atoms with Gasteiger partial charge in [-0.05, 0) is 56.7 Å². The van der Waals surface area contributed by atoms with Gasteiger partial charge in [0, 0.05) is 37.5 Å². The van der Waals surface area contributed by atoms with Crippen molar-refractivity contribution in [3.8, 4) is 0 Å². The molecule has 6 nitrogen and oxygen atoms in total. The van der Waals surface area contributed by atoms with Crippen LogP contribution in [-0.2, 0) is 33.0 Å². The summed E-state index contributed by atoms with van der Waals surface area (Å²) in [7, 11) is 1.82. The number of hydrogen-bond acceptors (Lipinski definition) is 4. The molecule has 1 aliphatic heterocycles. The lowest BCUT2D eigenvalue weighted by Crippen LogP contribution is -2.38. The molecular weight excluding hydrogens is 328 g/mol. The maximum Gasteiger partial charge on any atom is 0.267 e. The Bertz CT molecular complexity index is 915. The van der Waals surface area contributed by atoms with Gasteiger partial charge in [-0.1, -0.05) is 6.07 Å². The maximum absolute atomic E-state index is 12.5. The van der Waals surface area contributed by atoms with Gasteiger partial charge >= 0.3 is 0 Å². The van der Waals surface area contributed by atoms with E-state index in [4.69, 9.17) is 0 Å². The molecule has 1 atom stereocenters. The van der Waals surface area contributed by atoms with Crippen LogP contribution in [0.5, 0.6) is 0 Å². The minimum atomic E-state index is 0.0182. The van der Waals surface area contributed by atoms with E-state index in [-0.39, 0.29) is 17.2 Å². The zero-order valence-electron chi connectivity index (χ0n) is 15.4. The standard InChI is InChI=1S/C20H26N4O2/c1-22-16(7-4-10-19(22)25)13-23-11-5-8-17(23)14-24-20(26)12-15-6-2-3-9-18(15)21-24/h4,7,10,12,17H,2-3,5-6,8-9,11,13-14H2,1H3. The second-order valence-electron chi connectivity index (χ2n) is 7.52. The van der Waals surface area contributed by atoms with Crippen molar-refractivity contribution in [2.45, 2.75) is 57.7 Å². The van der Waals surface area contributed by atoms with Crippen LogP contribution in [0, 0.1) is 0 Å². The molecule has 1 saturated heterocycles. The normalized spacial score (nSPS) is 20.3. The molecule has 138 valence electrons. The average Bonchev–Trinajstić information content (AvgIpc) is 3.06. The van der Waals surface area contributed by atoms with E-state index in [9.17, 15) is 9.59 Å². The first-order valence-electron chi connectivity index (χ1n) is 9.61. The minimum absolute atomic E-state index is 0.0182. The lowest BCUT2D eigenvalue weighted by molar-refractivity contribution is 0.211. The van der Waals surface area contributed by atoms with Crippen LogP contribution >= 0.6 is 0 Å². The lowest BCUT2D eigenvalue weighted by atomic mass is 9.97. The Balaban J connectivity index is 1.53. The van der Waals surface area contributed by atoms with E-state index in [1.165, 1.54) is 0 Å². The fraction of sp³-hybridized carbons (Fsp3) is 0.550. The number of hydrogen-bond donors (Lipinski definition) is 0. The molecule has 0 aromatic carbocycles. The molecule has 2 aromatic heterocycles. The smallest absolute Gasteiger partial charge is 0.267 e. The highest BCUT2D eigenvalue weighted by atomic mass is 16.1. The quantitative estimate of drug-likeness (QED) is 0.835. The molecule has 4 rings (SSSR count). The summed E-state index contributed by atoms with van der Waals surface area (Å²) in [6.07, 6.45) is 6.46. The van der Waals surface area contributed by atoms with Gasteiger partial charge in [0.2, 0.25) is 5.56 Å². The van der Waals surface area contributed by atoms with Crippen LogP contribution < -0.4 is 11.1 Å². The zero-order valence-corrected chi connectivity index (χ0v) is 15.4. The van der Waals surface area contributed by atoms with E-state index in [0.717, 1.165) is 68.6 Å². The van der Waals surface area contributed by atoms with E-state index in [1.807, 2.05) is 19.2 Å². The van der Waals surface area contributed by atoms with Gasteiger partial charge in [-0.15, -0.1) is 0 Å². The molecule has 0 N–H and O–H groups in total. The molecule has 0 spiro atoms. The number of nitrogens with zero attached hydrogens (tertiary/aromatic N) is 4. The summed E-state index contributed by atoms with van der Waals surface area (Å²) in [5.74, 6) is 0. The van der Waals surface area contributed by atoms with Gasteiger partial charge in [-0.3, -0.25) is 14.5 Å². The topological polar surface area (TPSA) is 60.1 Å². The second kappa shape index (κ2) is 7.19. The number of aromatic nitrogens is 3. The molecule has 6 heteroatoms. The van der Waals surface area contributed by atoms with Crippen molar-refractivity contribution < 1.29 is 0 Å². The van der Waals surface area contributed by atoms with Crippen LogP contribution in [-0.4, -0.2) is 31.8 Å². The summed E-state index contributed by atoms with van der Waals surface area (Å²) < 4.78 is 3.37.